The fourth-order valence-electron chi connectivity index (χ4n) is 3.47. The molecule has 2 amide bonds. The zero-order valence-electron chi connectivity index (χ0n) is 15.8. The number of nitrogens with zero attached hydrogens (tertiary/aromatic N) is 3. The van der Waals surface area contributed by atoms with Crippen LogP contribution >= 0.6 is 11.7 Å². The average Bonchev–Trinajstić information content (AvgIpc) is 3.39. The van der Waals surface area contributed by atoms with Gasteiger partial charge in [-0.1, -0.05) is 6.07 Å². The first-order valence-corrected chi connectivity index (χ1v) is 11.9. The summed E-state index contributed by atoms with van der Waals surface area (Å²) in [6, 6.07) is 5.20. The van der Waals surface area contributed by atoms with Crippen LogP contribution in [0.3, 0.4) is 0 Å². The van der Waals surface area contributed by atoms with Crippen molar-refractivity contribution in [2.24, 2.45) is 5.92 Å². The van der Waals surface area contributed by atoms with Gasteiger partial charge in [-0.15, -0.1) is 0 Å². The summed E-state index contributed by atoms with van der Waals surface area (Å²) in [6.45, 7) is 0.741. The SMILES string of the molecule is O=C(CCNC(=O)[C@H]1CCCN(S(=O)(=O)c2cccc3nsnc23)C1)NC1CC1. The third kappa shape index (κ3) is 4.57. The molecule has 0 bridgehead atoms. The van der Waals surface area contributed by atoms with E-state index in [1.165, 1.54) is 10.4 Å². The van der Waals surface area contributed by atoms with E-state index in [1.807, 2.05) is 0 Å². The van der Waals surface area contributed by atoms with E-state index < -0.39 is 15.9 Å². The highest BCUT2D eigenvalue weighted by atomic mass is 32.2. The molecule has 1 saturated heterocycles. The zero-order chi connectivity index (χ0) is 20.4. The van der Waals surface area contributed by atoms with Gasteiger partial charge in [0.1, 0.15) is 15.9 Å². The number of nitrogens with one attached hydrogen (secondary N) is 2. The molecule has 2 aliphatic rings. The number of amides is 2. The highest BCUT2D eigenvalue weighted by Crippen LogP contribution is 2.28. The van der Waals surface area contributed by atoms with Crippen LogP contribution in [0, 0.1) is 5.92 Å². The third-order valence-corrected chi connectivity index (χ3v) is 7.65. The lowest BCUT2D eigenvalue weighted by Crippen LogP contribution is -2.45. The van der Waals surface area contributed by atoms with E-state index in [2.05, 4.69) is 19.4 Å². The minimum atomic E-state index is -3.77. The van der Waals surface area contributed by atoms with Gasteiger partial charge in [-0.05, 0) is 37.8 Å². The Hall–Kier alpha value is -2.11. The van der Waals surface area contributed by atoms with Crippen molar-refractivity contribution in [1.82, 2.24) is 23.7 Å². The van der Waals surface area contributed by atoms with Crippen LogP contribution in [-0.4, -0.2) is 59.0 Å². The van der Waals surface area contributed by atoms with E-state index in [-0.39, 0.29) is 36.2 Å². The van der Waals surface area contributed by atoms with E-state index in [0.29, 0.717) is 36.5 Å². The maximum atomic E-state index is 13.2. The number of piperidine rings is 1. The number of benzene rings is 1. The Bertz CT molecular complexity index is 1020. The van der Waals surface area contributed by atoms with E-state index >= 15 is 0 Å². The molecule has 0 radical (unpaired) electrons. The predicted octanol–water partition coefficient (Wildman–Crippen LogP) is 0.877. The summed E-state index contributed by atoms with van der Waals surface area (Å²) >= 11 is 0.974. The molecule has 11 heteroatoms. The number of sulfonamides is 1. The first-order valence-electron chi connectivity index (χ1n) is 9.73. The number of rotatable bonds is 7. The van der Waals surface area contributed by atoms with Gasteiger partial charge >= 0.3 is 0 Å². The molecule has 1 aromatic heterocycles. The number of hydrogen-bond acceptors (Lipinski definition) is 7. The summed E-state index contributed by atoms with van der Waals surface area (Å²) in [6.07, 6.45) is 3.50. The standard InChI is InChI=1S/C18H23N5O4S2/c24-16(20-13-6-7-13)8-9-19-18(25)12-3-2-10-23(11-12)29(26,27)15-5-1-4-14-17(15)22-28-21-14/h1,4-5,12-13H,2-3,6-11H2,(H,19,25)(H,20,24)/t12-/m0/s1. The molecule has 2 aromatic rings. The number of hydrogen-bond donors (Lipinski definition) is 2. The Morgan fingerprint density at radius 3 is 2.83 bits per heavy atom. The molecule has 4 rings (SSSR count). The molecule has 29 heavy (non-hydrogen) atoms. The van der Waals surface area contributed by atoms with Crippen LogP contribution in [0.25, 0.3) is 11.0 Å². The highest BCUT2D eigenvalue weighted by molar-refractivity contribution is 7.89. The summed E-state index contributed by atoms with van der Waals surface area (Å²) in [5.74, 6) is -0.707. The number of fused-ring (bicyclic) bond motifs is 1. The Morgan fingerprint density at radius 1 is 1.21 bits per heavy atom. The van der Waals surface area contributed by atoms with E-state index in [4.69, 9.17) is 0 Å². The minimum Gasteiger partial charge on any atom is -0.355 e. The number of aromatic nitrogens is 2. The second kappa shape index (κ2) is 8.33. The normalized spacial score (nSPS) is 20.5. The van der Waals surface area contributed by atoms with Gasteiger partial charge in [-0.2, -0.15) is 13.1 Å². The highest BCUT2D eigenvalue weighted by Gasteiger charge is 2.34. The molecule has 156 valence electrons. The maximum absolute atomic E-state index is 13.2. The molecule has 9 nitrogen and oxygen atoms in total. The van der Waals surface area contributed by atoms with Gasteiger partial charge in [0, 0.05) is 32.1 Å². The lowest BCUT2D eigenvalue weighted by Gasteiger charge is -2.31. The van der Waals surface area contributed by atoms with Gasteiger partial charge in [0.15, 0.2) is 0 Å². The zero-order valence-corrected chi connectivity index (χ0v) is 17.5. The van der Waals surface area contributed by atoms with E-state index in [1.54, 1.807) is 12.1 Å². The van der Waals surface area contributed by atoms with Crippen molar-refractivity contribution in [3.8, 4) is 0 Å². The van der Waals surface area contributed by atoms with Crippen molar-refractivity contribution in [3.63, 3.8) is 0 Å². The summed E-state index contributed by atoms with van der Waals surface area (Å²) in [5.41, 5.74) is 0.914. The molecule has 1 aliphatic carbocycles. The Balaban J connectivity index is 1.37. The van der Waals surface area contributed by atoms with Gasteiger partial charge in [0.05, 0.1) is 17.6 Å². The Labute approximate surface area is 173 Å². The van der Waals surface area contributed by atoms with Crippen LogP contribution in [0.4, 0.5) is 0 Å². The molecule has 2 fully saturated rings. The summed E-state index contributed by atoms with van der Waals surface area (Å²) in [5, 5.41) is 5.65. The first-order chi connectivity index (χ1) is 13.9. The third-order valence-electron chi connectivity index (χ3n) is 5.22. The van der Waals surface area contributed by atoms with Crippen LogP contribution < -0.4 is 10.6 Å². The van der Waals surface area contributed by atoms with Gasteiger partial charge in [0.2, 0.25) is 21.8 Å². The molecule has 2 heterocycles. The van der Waals surface area contributed by atoms with Crippen molar-refractivity contribution in [1.29, 1.82) is 0 Å². The monoisotopic (exact) mass is 437 g/mol. The van der Waals surface area contributed by atoms with Gasteiger partial charge in [-0.3, -0.25) is 9.59 Å². The fraction of sp³-hybridized carbons (Fsp3) is 0.556. The molecule has 1 aromatic carbocycles. The van der Waals surface area contributed by atoms with Gasteiger partial charge in [-0.25, -0.2) is 8.42 Å². The van der Waals surface area contributed by atoms with Crippen molar-refractivity contribution in [2.75, 3.05) is 19.6 Å². The van der Waals surface area contributed by atoms with Crippen molar-refractivity contribution >= 4 is 44.6 Å². The molecule has 1 saturated carbocycles. The average molecular weight is 438 g/mol. The minimum absolute atomic E-state index is 0.0642. The van der Waals surface area contributed by atoms with Crippen LogP contribution in [0.15, 0.2) is 23.1 Å². The molecule has 2 N–H and O–H groups in total. The largest absolute Gasteiger partial charge is 0.355 e. The van der Waals surface area contributed by atoms with Crippen molar-refractivity contribution in [2.45, 2.75) is 43.0 Å². The molecule has 0 spiro atoms. The predicted molar refractivity (Wildman–Crippen MR) is 108 cm³/mol. The second-order valence-corrected chi connectivity index (χ2v) is 9.91. The quantitative estimate of drug-likeness (QED) is 0.663. The van der Waals surface area contributed by atoms with Crippen molar-refractivity contribution in [3.05, 3.63) is 18.2 Å². The summed E-state index contributed by atoms with van der Waals surface area (Å²) < 4.78 is 35.9. The topological polar surface area (TPSA) is 121 Å². The summed E-state index contributed by atoms with van der Waals surface area (Å²) in [4.78, 5) is 24.4. The van der Waals surface area contributed by atoms with Gasteiger partial charge < -0.3 is 10.6 Å². The number of carbonyl (C=O) groups is 2. The Kier molecular flexibility index (Phi) is 5.79. The van der Waals surface area contributed by atoms with E-state index in [0.717, 1.165) is 24.6 Å². The second-order valence-electron chi connectivity index (χ2n) is 7.47. The van der Waals surface area contributed by atoms with Crippen molar-refractivity contribution < 1.29 is 18.0 Å². The molecular formula is C18H23N5O4S2. The fourth-order valence-corrected chi connectivity index (χ4v) is 5.75. The smallest absolute Gasteiger partial charge is 0.245 e. The molecule has 0 unspecified atom stereocenters. The summed E-state index contributed by atoms with van der Waals surface area (Å²) in [7, 11) is -3.77. The van der Waals surface area contributed by atoms with Gasteiger partial charge in [0.25, 0.3) is 0 Å². The molecular weight excluding hydrogens is 414 g/mol. The van der Waals surface area contributed by atoms with Crippen LogP contribution in [0.1, 0.15) is 32.1 Å². The first kappa shape index (κ1) is 20.2. The van der Waals surface area contributed by atoms with E-state index in [9.17, 15) is 18.0 Å². The number of carbonyl (C=O) groups excluding carboxylic acids is 2. The Morgan fingerprint density at radius 2 is 2.03 bits per heavy atom. The van der Waals surface area contributed by atoms with Crippen LogP contribution in [0.2, 0.25) is 0 Å². The van der Waals surface area contributed by atoms with Crippen LogP contribution in [-0.2, 0) is 19.6 Å². The van der Waals surface area contributed by atoms with Crippen LogP contribution in [0.5, 0.6) is 0 Å². The molecule has 1 atom stereocenters. The lowest BCUT2D eigenvalue weighted by molar-refractivity contribution is -0.126. The maximum Gasteiger partial charge on any atom is 0.245 e. The lowest BCUT2D eigenvalue weighted by atomic mass is 9.99. The molecule has 1 aliphatic heterocycles.